The molecule has 2 atom stereocenters. The highest BCUT2D eigenvalue weighted by Crippen LogP contribution is 2.31. The predicted molar refractivity (Wildman–Crippen MR) is 65.1 cm³/mol. The van der Waals surface area contributed by atoms with Crippen LogP contribution in [0.25, 0.3) is 0 Å². The Morgan fingerprint density at radius 2 is 2.18 bits per heavy atom. The Kier molecular flexibility index (Phi) is 3.43. The van der Waals surface area contributed by atoms with E-state index >= 15 is 0 Å². The third-order valence-electron chi connectivity index (χ3n) is 3.09. The molecule has 2 N–H and O–H groups in total. The number of benzene rings is 1. The molecule has 1 saturated heterocycles. The van der Waals surface area contributed by atoms with Crippen molar-refractivity contribution in [2.75, 3.05) is 11.5 Å². The molecule has 1 fully saturated rings. The molecular formula is C11H13ClFNO2S. The van der Waals surface area contributed by atoms with Crippen molar-refractivity contribution in [3.05, 3.63) is 34.6 Å². The lowest BCUT2D eigenvalue weighted by atomic mass is 9.93. The first-order valence-electron chi connectivity index (χ1n) is 5.30. The molecule has 0 amide bonds. The maximum Gasteiger partial charge on any atom is 0.150 e. The fourth-order valence-electron chi connectivity index (χ4n) is 2.13. The smallest absolute Gasteiger partial charge is 0.150 e. The van der Waals surface area contributed by atoms with Gasteiger partial charge in [0.25, 0.3) is 0 Å². The van der Waals surface area contributed by atoms with Crippen molar-refractivity contribution in [1.29, 1.82) is 0 Å². The van der Waals surface area contributed by atoms with Crippen molar-refractivity contribution in [2.24, 2.45) is 11.7 Å². The number of hydrogen-bond acceptors (Lipinski definition) is 3. The van der Waals surface area contributed by atoms with Gasteiger partial charge in [-0.05, 0) is 30.5 Å². The second-order valence-electron chi connectivity index (χ2n) is 4.35. The minimum atomic E-state index is -3.01. The fourth-order valence-corrected chi connectivity index (χ4v) is 4.17. The highest BCUT2D eigenvalue weighted by atomic mass is 35.5. The molecule has 17 heavy (non-hydrogen) atoms. The average molecular weight is 278 g/mol. The Labute approximate surface area is 105 Å². The number of nitrogens with two attached hydrogens (primary N) is 1. The first kappa shape index (κ1) is 12.8. The molecule has 2 unspecified atom stereocenters. The van der Waals surface area contributed by atoms with E-state index in [1.165, 1.54) is 18.2 Å². The molecule has 6 heteroatoms. The zero-order chi connectivity index (χ0) is 12.6. The summed E-state index contributed by atoms with van der Waals surface area (Å²) in [4.78, 5) is 0. The van der Waals surface area contributed by atoms with Gasteiger partial charge in [-0.25, -0.2) is 12.8 Å². The number of rotatable bonds is 2. The second-order valence-corrected chi connectivity index (χ2v) is 7.02. The van der Waals surface area contributed by atoms with E-state index in [4.69, 9.17) is 17.3 Å². The summed E-state index contributed by atoms with van der Waals surface area (Å²) in [5.41, 5.74) is 6.22. The van der Waals surface area contributed by atoms with Crippen LogP contribution >= 0.6 is 11.6 Å². The highest BCUT2D eigenvalue weighted by molar-refractivity contribution is 7.91. The molecule has 3 nitrogen and oxygen atoms in total. The van der Waals surface area contributed by atoms with Crippen LogP contribution in [0.4, 0.5) is 4.39 Å². The summed E-state index contributed by atoms with van der Waals surface area (Å²) in [5, 5.41) is 0.401. The normalized spacial score (nSPS) is 24.8. The molecule has 1 aromatic carbocycles. The Balaban J connectivity index is 2.26. The van der Waals surface area contributed by atoms with Crippen molar-refractivity contribution in [2.45, 2.75) is 12.5 Å². The Bertz CT molecular complexity index is 532. The number of hydrogen-bond donors (Lipinski definition) is 1. The van der Waals surface area contributed by atoms with Crippen LogP contribution in [0.1, 0.15) is 18.0 Å². The van der Waals surface area contributed by atoms with Gasteiger partial charge >= 0.3 is 0 Å². The van der Waals surface area contributed by atoms with Crippen LogP contribution in [0, 0.1) is 11.7 Å². The minimum Gasteiger partial charge on any atom is -0.324 e. The molecule has 94 valence electrons. The van der Waals surface area contributed by atoms with Crippen molar-refractivity contribution < 1.29 is 12.8 Å². The zero-order valence-corrected chi connectivity index (χ0v) is 10.6. The molecule has 2 rings (SSSR count). The van der Waals surface area contributed by atoms with Crippen molar-refractivity contribution in [3.63, 3.8) is 0 Å². The lowest BCUT2D eigenvalue weighted by Gasteiger charge is -2.18. The van der Waals surface area contributed by atoms with Crippen LogP contribution in [0.3, 0.4) is 0 Å². The topological polar surface area (TPSA) is 60.2 Å². The monoisotopic (exact) mass is 277 g/mol. The summed E-state index contributed by atoms with van der Waals surface area (Å²) in [6.45, 7) is 0. The number of halogens is 2. The van der Waals surface area contributed by atoms with Crippen LogP contribution in [-0.4, -0.2) is 19.9 Å². The lowest BCUT2D eigenvalue weighted by Crippen LogP contribution is -2.23. The summed E-state index contributed by atoms with van der Waals surface area (Å²) in [7, 11) is -3.01. The summed E-state index contributed by atoms with van der Waals surface area (Å²) in [5.74, 6) is -0.507. The van der Waals surface area contributed by atoms with E-state index in [0.29, 0.717) is 17.0 Å². The van der Waals surface area contributed by atoms with E-state index in [1.807, 2.05) is 0 Å². The molecular weight excluding hydrogens is 265 g/mol. The van der Waals surface area contributed by atoms with E-state index in [9.17, 15) is 12.8 Å². The fraction of sp³-hybridized carbons (Fsp3) is 0.455. The van der Waals surface area contributed by atoms with Gasteiger partial charge in [0.1, 0.15) is 5.82 Å². The summed E-state index contributed by atoms with van der Waals surface area (Å²) < 4.78 is 36.3. The molecule has 0 bridgehead atoms. The maximum absolute atomic E-state index is 13.6. The van der Waals surface area contributed by atoms with Crippen molar-refractivity contribution in [1.82, 2.24) is 0 Å². The van der Waals surface area contributed by atoms with Crippen LogP contribution in [0.15, 0.2) is 18.2 Å². The standard InChI is InChI=1S/C11H13ClFNO2S/c12-8-1-2-10(13)9(5-8)11(14)7-3-4-17(15,16)6-7/h1-2,5,7,11H,3-4,6,14H2. The molecule has 1 aromatic rings. The molecule has 1 aliphatic rings. The van der Waals surface area contributed by atoms with E-state index in [0.717, 1.165) is 0 Å². The largest absolute Gasteiger partial charge is 0.324 e. The molecule has 0 aromatic heterocycles. The van der Waals surface area contributed by atoms with Gasteiger partial charge in [-0.2, -0.15) is 0 Å². The summed E-state index contributed by atoms with van der Waals surface area (Å²) >= 11 is 5.78. The van der Waals surface area contributed by atoms with Crippen LogP contribution in [0.5, 0.6) is 0 Å². The summed E-state index contributed by atoms with van der Waals surface area (Å²) in [6, 6.07) is 3.54. The first-order valence-corrected chi connectivity index (χ1v) is 7.50. The van der Waals surface area contributed by atoms with E-state index in [-0.39, 0.29) is 17.4 Å². The van der Waals surface area contributed by atoms with Gasteiger partial charge in [0.2, 0.25) is 0 Å². The van der Waals surface area contributed by atoms with Crippen LogP contribution < -0.4 is 5.73 Å². The zero-order valence-electron chi connectivity index (χ0n) is 9.07. The maximum atomic E-state index is 13.6. The summed E-state index contributed by atoms with van der Waals surface area (Å²) in [6.07, 6.45) is 0.482. The molecule has 0 aliphatic carbocycles. The average Bonchev–Trinajstić information content (AvgIpc) is 2.61. The first-order chi connectivity index (χ1) is 7.89. The van der Waals surface area contributed by atoms with Crippen molar-refractivity contribution in [3.8, 4) is 0 Å². The Morgan fingerprint density at radius 3 is 2.76 bits per heavy atom. The van der Waals surface area contributed by atoms with Gasteiger partial charge in [-0.15, -0.1) is 0 Å². The van der Waals surface area contributed by atoms with Gasteiger partial charge in [-0.1, -0.05) is 11.6 Å². The molecule has 0 saturated carbocycles. The van der Waals surface area contributed by atoms with Gasteiger partial charge < -0.3 is 5.73 Å². The van der Waals surface area contributed by atoms with E-state index < -0.39 is 21.7 Å². The van der Waals surface area contributed by atoms with Gasteiger partial charge in [-0.3, -0.25) is 0 Å². The van der Waals surface area contributed by atoms with E-state index in [2.05, 4.69) is 0 Å². The Hall–Kier alpha value is -0.650. The molecule has 0 radical (unpaired) electrons. The third-order valence-corrected chi connectivity index (χ3v) is 5.12. The van der Waals surface area contributed by atoms with Gasteiger partial charge in [0, 0.05) is 16.6 Å². The molecule has 1 aliphatic heterocycles. The molecule has 0 spiro atoms. The Morgan fingerprint density at radius 1 is 1.47 bits per heavy atom. The van der Waals surface area contributed by atoms with E-state index in [1.54, 1.807) is 0 Å². The predicted octanol–water partition coefficient (Wildman–Crippen LogP) is 1.91. The van der Waals surface area contributed by atoms with Gasteiger partial charge in [0.05, 0.1) is 11.5 Å². The van der Waals surface area contributed by atoms with Crippen LogP contribution in [0.2, 0.25) is 5.02 Å². The SMILES string of the molecule is NC(c1cc(Cl)ccc1F)C1CCS(=O)(=O)C1. The second kappa shape index (κ2) is 4.55. The third kappa shape index (κ3) is 2.78. The van der Waals surface area contributed by atoms with Crippen LogP contribution in [-0.2, 0) is 9.84 Å². The molecule has 1 heterocycles. The number of sulfone groups is 1. The lowest BCUT2D eigenvalue weighted by molar-refractivity contribution is 0.459. The van der Waals surface area contributed by atoms with Gasteiger partial charge in [0.15, 0.2) is 9.84 Å². The van der Waals surface area contributed by atoms with Crippen molar-refractivity contribution >= 4 is 21.4 Å². The quantitative estimate of drug-likeness (QED) is 0.898. The highest BCUT2D eigenvalue weighted by Gasteiger charge is 2.33. The minimum absolute atomic E-state index is 0.0279.